The molecule has 2 heterocycles. The van der Waals surface area contributed by atoms with Crippen LogP contribution in [-0.2, 0) is 4.74 Å². The Morgan fingerprint density at radius 2 is 1.90 bits per heavy atom. The molecule has 3 rings (SSSR count). The molecule has 1 aliphatic heterocycles. The van der Waals surface area contributed by atoms with E-state index in [0.29, 0.717) is 0 Å². The third-order valence-electron chi connectivity index (χ3n) is 3.62. The summed E-state index contributed by atoms with van der Waals surface area (Å²) in [6, 6.07) is 6.36. The van der Waals surface area contributed by atoms with Crippen LogP contribution in [0.2, 0.25) is 0 Å². The van der Waals surface area contributed by atoms with Gasteiger partial charge in [-0.2, -0.15) is 0 Å². The molecule has 0 unspecified atom stereocenters. The summed E-state index contributed by atoms with van der Waals surface area (Å²) in [6.07, 6.45) is -4.90. The van der Waals surface area contributed by atoms with Gasteiger partial charge in [0.1, 0.15) is 18.3 Å². The van der Waals surface area contributed by atoms with E-state index in [-0.39, 0.29) is 10.9 Å². The summed E-state index contributed by atoms with van der Waals surface area (Å²) in [7, 11) is 0. The van der Waals surface area contributed by atoms with Gasteiger partial charge in [0.2, 0.25) is 0 Å². The summed E-state index contributed by atoms with van der Waals surface area (Å²) < 4.78 is 6.41. The number of nitrogens with one attached hydrogen (secondary N) is 1. The Morgan fingerprint density at radius 3 is 2.57 bits per heavy atom. The van der Waals surface area contributed by atoms with Crippen LogP contribution in [-0.4, -0.2) is 49.8 Å². The van der Waals surface area contributed by atoms with E-state index in [1.54, 1.807) is 18.2 Å². The first-order valence-corrected chi connectivity index (χ1v) is 6.40. The fourth-order valence-corrected chi connectivity index (χ4v) is 2.56. The topological polar surface area (TPSA) is 125 Å². The minimum absolute atomic E-state index is 0.259. The number of benzene rings is 1. The molecule has 0 amide bonds. The van der Waals surface area contributed by atoms with Gasteiger partial charge < -0.3 is 20.1 Å². The first kappa shape index (κ1) is 14.0. The first-order valence-electron chi connectivity index (χ1n) is 6.40. The zero-order valence-corrected chi connectivity index (χ0v) is 10.8. The minimum Gasteiger partial charge on any atom is -0.394 e. The lowest BCUT2D eigenvalue weighted by Crippen LogP contribution is -2.38. The molecule has 8 nitrogen and oxygen atoms in total. The van der Waals surface area contributed by atoms with Crippen LogP contribution in [0.4, 0.5) is 0 Å². The standard InChI is InChI=1S/C13H14N2O6/c16-5-8-9(17)10(18)12(21-8)15-7-4-2-1-3-6(7)11(19)14-13(15)20/h1-4,8-10,12,16-18H,5H2,(H,14,19,20)/t8-,9+,10-,12+/m0/s1. The third kappa shape index (κ3) is 2.09. The molecule has 1 aromatic heterocycles. The van der Waals surface area contributed by atoms with Crippen molar-refractivity contribution < 1.29 is 20.1 Å². The average molecular weight is 294 g/mol. The van der Waals surface area contributed by atoms with Gasteiger partial charge in [-0.25, -0.2) is 4.79 Å². The van der Waals surface area contributed by atoms with Crippen LogP contribution < -0.4 is 11.2 Å². The zero-order chi connectivity index (χ0) is 15.1. The zero-order valence-electron chi connectivity index (χ0n) is 10.8. The van der Waals surface area contributed by atoms with Crippen molar-refractivity contribution in [2.45, 2.75) is 24.5 Å². The number of H-pyrrole nitrogens is 1. The monoisotopic (exact) mass is 294 g/mol. The van der Waals surface area contributed by atoms with Gasteiger partial charge in [0.25, 0.3) is 5.56 Å². The summed E-state index contributed by atoms with van der Waals surface area (Å²) in [5.74, 6) is 0. The van der Waals surface area contributed by atoms with Crippen molar-refractivity contribution in [1.82, 2.24) is 9.55 Å². The molecule has 1 aliphatic rings. The molecule has 2 aromatic rings. The SMILES string of the molecule is O=c1[nH]c(=O)n([C@@H]2O[C@@H](CO)[C@@H](O)[C@@H]2O)c2ccccc12. The molecule has 4 atom stereocenters. The van der Waals surface area contributed by atoms with E-state index in [1.165, 1.54) is 6.07 Å². The molecule has 0 radical (unpaired) electrons. The van der Waals surface area contributed by atoms with Gasteiger partial charge in [0, 0.05) is 0 Å². The van der Waals surface area contributed by atoms with Crippen molar-refractivity contribution in [2.24, 2.45) is 0 Å². The van der Waals surface area contributed by atoms with Crippen LogP contribution in [0.25, 0.3) is 10.9 Å². The fraction of sp³-hybridized carbons (Fsp3) is 0.385. The number of hydrogen-bond donors (Lipinski definition) is 4. The van der Waals surface area contributed by atoms with E-state index in [1.807, 2.05) is 0 Å². The van der Waals surface area contributed by atoms with Crippen molar-refractivity contribution in [3.8, 4) is 0 Å². The Morgan fingerprint density at radius 1 is 1.19 bits per heavy atom. The van der Waals surface area contributed by atoms with Crippen molar-refractivity contribution in [2.75, 3.05) is 6.61 Å². The van der Waals surface area contributed by atoms with Crippen LogP contribution in [0.15, 0.2) is 33.9 Å². The second-order valence-corrected chi connectivity index (χ2v) is 4.88. The molecule has 0 saturated carbocycles. The molecule has 4 N–H and O–H groups in total. The fourth-order valence-electron chi connectivity index (χ4n) is 2.56. The van der Waals surface area contributed by atoms with Crippen molar-refractivity contribution in [3.63, 3.8) is 0 Å². The Hall–Kier alpha value is -2.00. The normalized spacial score (nSPS) is 29.1. The number of fused-ring (bicyclic) bond motifs is 1. The molecule has 8 heteroatoms. The average Bonchev–Trinajstić information content (AvgIpc) is 2.75. The van der Waals surface area contributed by atoms with Crippen molar-refractivity contribution >= 4 is 10.9 Å². The van der Waals surface area contributed by atoms with Crippen LogP contribution in [0, 0.1) is 0 Å². The third-order valence-corrected chi connectivity index (χ3v) is 3.62. The Bertz CT molecular complexity index is 782. The molecular weight excluding hydrogens is 280 g/mol. The van der Waals surface area contributed by atoms with E-state index >= 15 is 0 Å². The van der Waals surface area contributed by atoms with E-state index in [2.05, 4.69) is 4.98 Å². The highest BCUT2D eigenvalue weighted by atomic mass is 16.6. The van der Waals surface area contributed by atoms with Crippen LogP contribution in [0.1, 0.15) is 6.23 Å². The number of aromatic amines is 1. The molecule has 21 heavy (non-hydrogen) atoms. The number of aliphatic hydroxyl groups is 3. The molecule has 0 aliphatic carbocycles. The van der Waals surface area contributed by atoms with E-state index in [4.69, 9.17) is 9.84 Å². The van der Waals surface area contributed by atoms with Crippen molar-refractivity contribution in [1.29, 1.82) is 0 Å². The maximum absolute atomic E-state index is 12.1. The van der Waals surface area contributed by atoms with Gasteiger partial charge >= 0.3 is 5.69 Å². The highest BCUT2D eigenvalue weighted by Crippen LogP contribution is 2.29. The maximum Gasteiger partial charge on any atom is 0.331 e. The van der Waals surface area contributed by atoms with Gasteiger partial charge in [-0.05, 0) is 12.1 Å². The molecule has 112 valence electrons. The van der Waals surface area contributed by atoms with Crippen LogP contribution in [0.5, 0.6) is 0 Å². The highest BCUT2D eigenvalue weighted by molar-refractivity contribution is 5.77. The minimum atomic E-state index is -1.39. The second kappa shape index (κ2) is 5.08. The highest BCUT2D eigenvalue weighted by Gasteiger charge is 2.44. The Labute approximate surface area is 117 Å². The lowest BCUT2D eigenvalue weighted by atomic mass is 10.1. The summed E-state index contributed by atoms with van der Waals surface area (Å²) in [5.41, 5.74) is -1.02. The number of aromatic nitrogens is 2. The maximum atomic E-state index is 12.1. The van der Waals surface area contributed by atoms with Gasteiger partial charge in [-0.3, -0.25) is 14.3 Å². The molecule has 0 bridgehead atoms. The van der Waals surface area contributed by atoms with E-state index in [0.717, 1.165) is 4.57 Å². The van der Waals surface area contributed by atoms with Crippen molar-refractivity contribution in [3.05, 3.63) is 45.1 Å². The summed E-state index contributed by atoms with van der Waals surface area (Å²) in [4.78, 5) is 26.0. The second-order valence-electron chi connectivity index (χ2n) is 4.88. The Balaban J connectivity index is 2.22. The smallest absolute Gasteiger partial charge is 0.331 e. The van der Waals surface area contributed by atoms with E-state index in [9.17, 15) is 19.8 Å². The summed E-state index contributed by atoms with van der Waals surface area (Å²) in [5, 5.41) is 29.2. The van der Waals surface area contributed by atoms with Gasteiger partial charge in [0.05, 0.1) is 17.5 Å². The Kier molecular flexibility index (Phi) is 3.38. The number of hydrogen-bond acceptors (Lipinski definition) is 6. The molecule has 0 spiro atoms. The van der Waals surface area contributed by atoms with Gasteiger partial charge in [0.15, 0.2) is 6.23 Å². The largest absolute Gasteiger partial charge is 0.394 e. The summed E-state index contributed by atoms with van der Waals surface area (Å²) in [6.45, 7) is -0.495. The first-order chi connectivity index (χ1) is 10.0. The number of rotatable bonds is 2. The summed E-state index contributed by atoms with van der Waals surface area (Å²) >= 11 is 0. The lowest BCUT2D eigenvalue weighted by molar-refractivity contribution is -0.0527. The van der Waals surface area contributed by atoms with Gasteiger partial charge in [-0.1, -0.05) is 12.1 Å². The molecule has 1 aromatic carbocycles. The predicted octanol–water partition coefficient (Wildman–Crippen LogP) is -1.70. The van der Waals surface area contributed by atoms with Crippen LogP contribution >= 0.6 is 0 Å². The number of aliphatic hydroxyl groups excluding tert-OH is 3. The molecular formula is C13H14N2O6. The molecule has 1 fully saturated rings. The van der Waals surface area contributed by atoms with E-state index < -0.39 is 42.4 Å². The number of ether oxygens (including phenoxy) is 1. The number of para-hydroxylation sites is 1. The quantitative estimate of drug-likeness (QED) is 0.523. The number of nitrogens with zero attached hydrogens (tertiary/aromatic N) is 1. The van der Waals surface area contributed by atoms with Crippen LogP contribution in [0.3, 0.4) is 0 Å². The lowest BCUT2D eigenvalue weighted by Gasteiger charge is -2.19. The molecule has 1 saturated heterocycles. The van der Waals surface area contributed by atoms with Gasteiger partial charge in [-0.15, -0.1) is 0 Å². The predicted molar refractivity (Wildman–Crippen MR) is 71.8 cm³/mol.